The molecule has 18 heteroatoms. The lowest BCUT2D eigenvalue weighted by atomic mass is 9.88. The number of ketones is 1. The van der Waals surface area contributed by atoms with E-state index in [9.17, 15) is 19.2 Å². The summed E-state index contributed by atoms with van der Waals surface area (Å²) in [6.45, 7) is 25.3. The smallest absolute Gasteiger partial charge is 0.306 e. The molecule has 1 heterocycles. The minimum atomic E-state index is -0.873. The van der Waals surface area contributed by atoms with Gasteiger partial charge in [0.2, 0.25) is 0 Å². The van der Waals surface area contributed by atoms with Crippen LogP contribution in [0.5, 0.6) is 0 Å². The number of aliphatic carboxylic acids is 1. The molecule has 0 aliphatic rings. The average molecular weight is 851 g/mol. The predicted molar refractivity (Wildman–Crippen MR) is 234 cm³/mol. The molecule has 3 atom stereocenters. The number of hydrogen-bond donors (Lipinski definition) is 7. The first-order chi connectivity index (χ1) is 25.6. The zero-order valence-electron chi connectivity index (χ0n) is 36.6. The van der Waals surface area contributed by atoms with Crippen LogP contribution in [0.25, 0.3) is 0 Å². The van der Waals surface area contributed by atoms with Gasteiger partial charge in [0.15, 0.2) is 16.0 Å². The van der Waals surface area contributed by atoms with Crippen molar-refractivity contribution in [2.24, 2.45) is 41.2 Å². The second kappa shape index (κ2) is 30.1. The van der Waals surface area contributed by atoms with Crippen molar-refractivity contribution in [1.82, 2.24) is 31.6 Å². The zero-order chi connectivity index (χ0) is 44.4. The van der Waals surface area contributed by atoms with E-state index in [1.54, 1.807) is 46.2 Å². The second-order valence-electron chi connectivity index (χ2n) is 16.1. The minimum absolute atomic E-state index is 0.0108. The number of nitrogens with one attached hydrogen (secondary N) is 4. The summed E-state index contributed by atoms with van der Waals surface area (Å²) < 4.78 is 10.5. The van der Waals surface area contributed by atoms with Gasteiger partial charge in [-0.2, -0.15) is 0 Å². The highest BCUT2D eigenvalue weighted by molar-refractivity contribution is 7.80. The molecule has 1 rings (SSSR count). The van der Waals surface area contributed by atoms with Crippen LogP contribution in [0.3, 0.4) is 0 Å². The molecule has 1 aromatic heterocycles. The van der Waals surface area contributed by atoms with Crippen molar-refractivity contribution in [3.05, 3.63) is 10.0 Å². The Hall–Kier alpha value is -3.06. The maximum atomic E-state index is 11.9. The van der Waals surface area contributed by atoms with E-state index in [0.29, 0.717) is 22.6 Å². The molecule has 0 radical (unpaired) electrons. The van der Waals surface area contributed by atoms with Gasteiger partial charge in [-0.25, -0.2) is 5.84 Å². The van der Waals surface area contributed by atoms with Crippen LogP contribution in [-0.4, -0.2) is 87.1 Å². The van der Waals surface area contributed by atoms with Crippen molar-refractivity contribution in [3.8, 4) is 0 Å². The third-order valence-electron chi connectivity index (χ3n) is 7.62. The van der Waals surface area contributed by atoms with Crippen LogP contribution < -0.4 is 33.0 Å². The highest BCUT2D eigenvalue weighted by atomic mass is 32.1. The zero-order valence-corrected chi connectivity index (χ0v) is 39.0. The summed E-state index contributed by atoms with van der Waals surface area (Å²) >= 11 is 11.1. The Morgan fingerprint density at radius 2 is 1.18 bits per heavy atom. The van der Waals surface area contributed by atoms with Crippen LogP contribution in [0, 0.1) is 29.6 Å². The molecule has 9 N–H and O–H groups in total. The number of carboxylic acid groups (broad SMARTS) is 1. The van der Waals surface area contributed by atoms with E-state index in [4.69, 9.17) is 38.4 Å². The first kappa shape index (κ1) is 57.3. The van der Waals surface area contributed by atoms with Gasteiger partial charge in [0.05, 0.1) is 6.54 Å². The van der Waals surface area contributed by atoms with E-state index in [2.05, 4.69) is 64.6 Å². The number of nitrogens with zero attached hydrogens (tertiary/aromatic N) is 2. The number of ether oxygens (including phenoxy) is 2. The van der Waals surface area contributed by atoms with E-state index >= 15 is 0 Å². The van der Waals surface area contributed by atoms with E-state index < -0.39 is 17.2 Å². The summed E-state index contributed by atoms with van der Waals surface area (Å²) in [5.41, 5.74) is 7.16. The van der Waals surface area contributed by atoms with E-state index in [1.807, 2.05) is 48.5 Å². The van der Waals surface area contributed by atoms with Crippen LogP contribution in [0.2, 0.25) is 0 Å². The Labute approximate surface area is 351 Å². The number of rotatable bonds is 16. The van der Waals surface area contributed by atoms with Gasteiger partial charge < -0.3 is 41.7 Å². The highest BCUT2D eigenvalue weighted by Crippen LogP contribution is 2.23. The van der Waals surface area contributed by atoms with Gasteiger partial charge in [-0.15, -0.1) is 21.5 Å². The number of aryl methyl sites for hydroxylation is 1. The Bertz CT molecular complexity index is 1310. The summed E-state index contributed by atoms with van der Waals surface area (Å²) in [5, 5.41) is 28.1. The van der Waals surface area contributed by atoms with Crippen molar-refractivity contribution in [2.75, 3.05) is 20.6 Å². The first-order valence-corrected chi connectivity index (χ1v) is 20.6. The topological polar surface area (TPSA) is 233 Å². The largest absolute Gasteiger partial charge is 0.481 e. The molecule has 0 spiro atoms. The van der Waals surface area contributed by atoms with Gasteiger partial charge >= 0.3 is 17.9 Å². The maximum absolute atomic E-state index is 11.9. The normalized spacial score (nSPS) is 12.6. The number of esters is 2. The fourth-order valence-electron chi connectivity index (χ4n) is 4.16. The highest BCUT2D eigenvalue weighted by Gasteiger charge is 2.25. The fraction of sp³-hybridized carbons (Fsp3) is 0.789. The Kier molecular flexibility index (Phi) is 30.8. The van der Waals surface area contributed by atoms with E-state index in [-0.39, 0.29) is 73.2 Å². The number of hydrogen-bond acceptors (Lipinski definition) is 13. The van der Waals surface area contributed by atoms with Crippen molar-refractivity contribution >= 4 is 69.7 Å². The fourth-order valence-corrected chi connectivity index (χ4v) is 5.09. The van der Waals surface area contributed by atoms with Crippen molar-refractivity contribution in [1.29, 1.82) is 0 Å². The second-order valence-corrected chi connectivity index (χ2v) is 18.1. The summed E-state index contributed by atoms with van der Waals surface area (Å²) in [7, 11) is 3.39. The van der Waals surface area contributed by atoms with Crippen LogP contribution >= 0.6 is 35.8 Å². The lowest BCUT2D eigenvalue weighted by molar-refractivity contribution is -0.158. The number of carbonyl (C=O) groups is 4. The molecule has 15 nitrogen and oxygen atoms in total. The SMILES string of the molecule is CC(C)[C@H](CC(=O)O)CC(=O)OC(C)(C)C.CCc1nnc(C[C@H](N)C(C)C)s1.CNC(=S)NCC(=O)C[C@H](CC(=O)OC(C)(C)C)C(C)C.CNC(=S)NN. The maximum Gasteiger partial charge on any atom is 0.306 e. The minimum Gasteiger partial charge on any atom is -0.481 e. The summed E-state index contributed by atoms with van der Waals surface area (Å²) in [6.07, 6.45) is 2.61. The van der Waals surface area contributed by atoms with Gasteiger partial charge in [0, 0.05) is 52.2 Å². The lowest BCUT2D eigenvalue weighted by Gasteiger charge is -2.24. The third-order valence-corrected chi connectivity index (χ3v) is 9.38. The number of aromatic nitrogens is 2. The van der Waals surface area contributed by atoms with Crippen molar-refractivity contribution in [3.63, 3.8) is 0 Å². The number of Topliss-reactive ketones (excluding diaryl/α,β-unsaturated/α-hetero) is 1. The molecular weight excluding hydrogens is 777 g/mol. The average Bonchev–Trinajstić information content (AvgIpc) is 3.52. The molecule has 56 heavy (non-hydrogen) atoms. The van der Waals surface area contributed by atoms with Crippen molar-refractivity contribution in [2.45, 2.75) is 146 Å². The molecule has 0 fully saturated rings. The van der Waals surface area contributed by atoms with Crippen LogP contribution in [-0.2, 0) is 41.5 Å². The number of thiocarbonyl (C=S) groups is 2. The van der Waals surface area contributed by atoms with Gasteiger partial charge in [-0.1, -0.05) is 48.5 Å². The molecular formula is C38H74N8O7S3. The molecule has 326 valence electrons. The molecule has 0 bridgehead atoms. The van der Waals surface area contributed by atoms with Crippen LogP contribution in [0.1, 0.15) is 126 Å². The standard InChI is InChI=1S/C15H28N2O3S.C12H22O4.C9H17N3S.C2H7N3S/c1-10(2)11(8-13(19)20-15(3,4)5)7-12(18)9-17-14(21)16-6;1-8(2)9(6-10(13)14)7-11(15)16-12(3,4)5;1-4-8-11-12-9(13-8)5-7(10)6(2)3;1-4-2(6)5-3/h10-11H,7-9H2,1-6H3,(H2,16,17,21);8-9H,6-7H2,1-5H3,(H,13,14);6-7H,4-5,10H2,1-3H3;3H2,1H3,(H2,4,5,6)/t11-;9-;7-;/m110./s1. The van der Waals surface area contributed by atoms with Gasteiger partial charge in [-0.3, -0.25) is 19.2 Å². The van der Waals surface area contributed by atoms with Gasteiger partial charge in [-0.05, 0) is 102 Å². The Morgan fingerprint density at radius 3 is 1.48 bits per heavy atom. The summed E-state index contributed by atoms with van der Waals surface area (Å²) in [4.78, 5) is 46.0. The Morgan fingerprint density at radius 1 is 0.750 bits per heavy atom. The van der Waals surface area contributed by atoms with Gasteiger partial charge in [0.1, 0.15) is 21.2 Å². The molecule has 0 aliphatic carbocycles. The monoisotopic (exact) mass is 850 g/mol. The summed E-state index contributed by atoms with van der Waals surface area (Å²) in [6, 6.07) is 0.206. The molecule has 0 saturated carbocycles. The number of carboxylic acids is 1. The van der Waals surface area contributed by atoms with Gasteiger partial charge in [0.25, 0.3) is 0 Å². The quantitative estimate of drug-likeness (QED) is 0.0497. The van der Waals surface area contributed by atoms with Crippen LogP contribution in [0.15, 0.2) is 0 Å². The van der Waals surface area contributed by atoms with Crippen molar-refractivity contribution < 1.29 is 33.8 Å². The molecule has 1 aromatic rings. The molecule has 0 saturated heterocycles. The lowest BCUT2D eigenvalue weighted by Crippen LogP contribution is -2.37. The Balaban J connectivity index is -0.000000715. The number of nitrogens with two attached hydrogens (primary N) is 2. The molecule has 0 aromatic carbocycles. The first-order valence-electron chi connectivity index (χ1n) is 19.0. The van der Waals surface area contributed by atoms with Crippen LogP contribution in [0.4, 0.5) is 0 Å². The molecule has 0 unspecified atom stereocenters. The molecule has 0 aliphatic heterocycles. The van der Waals surface area contributed by atoms with E-state index in [1.165, 1.54) is 0 Å². The number of hydrazine groups is 1. The third kappa shape index (κ3) is 34.2. The predicted octanol–water partition coefficient (Wildman–Crippen LogP) is 5.09. The summed E-state index contributed by atoms with van der Waals surface area (Å²) in [5.74, 6) is 4.13. The number of carbonyl (C=O) groups excluding carboxylic acids is 3. The van der Waals surface area contributed by atoms with E-state index in [0.717, 1.165) is 22.9 Å². The molecule has 0 amide bonds.